The fraction of sp³-hybridized carbons (Fsp3) is 0.300. The van der Waals surface area contributed by atoms with Crippen LogP contribution in [-0.4, -0.2) is 32.3 Å². The van der Waals surface area contributed by atoms with Crippen molar-refractivity contribution < 1.29 is 19.1 Å². The van der Waals surface area contributed by atoms with Gasteiger partial charge in [0.1, 0.15) is 6.61 Å². The number of benzene rings is 2. The molecule has 0 saturated heterocycles. The van der Waals surface area contributed by atoms with Gasteiger partial charge < -0.3 is 14.8 Å². The highest BCUT2D eigenvalue weighted by atomic mass is 16.5. The van der Waals surface area contributed by atoms with Gasteiger partial charge in [0, 0.05) is 18.9 Å². The molecule has 3 rings (SSSR count). The van der Waals surface area contributed by atoms with Crippen LogP contribution in [0.3, 0.4) is 0 Å². The fourth-order valence-electron chi connectivity index (χ4n) is 3.17. The molecule has 130 valence electrons. The SMILES string of the molecule is COC(=O)CCCNC(=O)OCC1c2ccccc2-c2ccccc21. The monoisotopic (exact) mass is 339 g/mol. The normalized spacial score (nSPS) is 12.2. The van der Waals surface area contributed by atoms with Crippen molar-refractivity contribution in [3.05, 3.63) is 59.7 Å². The number of alkyl carbamates (subject to hydrolysis) is 1. The maximum atomic E-state index is 11.9. The van der Waals surface area contributed by atoms with Crippen molar-refractivity contribution in [3.8, 4) is 11.1 Å². The van der Waals surface area contributed by atoms with Gasteiger partial charge in [-0.05, 0) is 28.7 Å². The maximum absolute atomic E-state index is 11.9. The van der Waals surface area contributed by atoms with Crippen LogP contribution in [-0.2, 0) is 14.3 Å². The van der Waals surface area contributed by atoms with E-state index in [4.69, 9.17) is 4.74 Å². The molecular weight excluding hydrogens is 318 g/mol. The Morgan fingerprint density at radius 2 is 1.60 bits per heavy atom. The van der Waals surface area contributed by atoms with Crippen molar-refractivity contribution in [2.45, 2.75) is 18.8 Å². The van der Waals surface area contributed by atoms with Crippen molar-refractivity contribution in [3.63, 3.8) is 0 Å². The van der Waals surface area contributed by atoms with Crippen LogP contribution < -0.4 is 5.32 Å². The summed E-state index contributed by atoms with van der Waals surface area (Å²) in [5.41, 5.74) is 4.76. The zero-order valence-corrected chi connectivity index (χ0v) is 14.2. The van der Waals surface area contributed by atoms with Crippen LogP contribution >= 0.6 is 0 Å². The van der Waals surface area contributed by atoms with Gasteiger partial charge in [-0.2, -0.15) is 0 Å². The lowest BCUT2D eigenvalue weighted by Gasteiger charge is -2.14. The Morgan fingerprint density at radius 1 is 1.00 bits per heavy atom. The van der Waals surface area contributed by atoms with Crippen LogP contribution in [0, 0.1) is 0 Å². The highest BCUT2D eigenvalue weighted by molar-refractivity contribution is 5.79. The molecule has 1 aliphatic rings. The van der Waals surface area contributed by atoms with Crippen molar-refractivity contribution in [1.29, 1.82) is 0 Å². The molecule has 2 aromatic carbocycles. The molecule has 0 radical (unpaired) electrons. The molecule has 5 heteroatoms. The number of carbonyl (C=O) groups excluding carboxylic acids is 2. The van der Waals surface area contributed by atoms with Gasteiger partial charge in [-0.15, -0.1) is 0 Å². The number of nitrogens with one attached hydrogen (secondary N) is 1. The van der Waals surface area contributed by atoms with E-state index in [9.17, 15) is 9.59 Å². The molecule has 0 heterocycles. The second-order valence-electron chi connectivity index (χ2n) is 5.93. The second kappa shape index (κ2) is 7.83. The van der Waals surface area contributed by atoms with E-state index in [2.05, 4.69) is 34.3 Å². The predicted octanol–water partition coefficient (Wildman–Crippen LogP) is 3.48. The summed E-state index contributed by atoms with van der Waals surface area (Å²) in [4.78, 5) is 22.9. The van der Waals surface area contributed by atoms with Gasteiger partial charge in [-0.25, -0.2) is 4.79 Å². The summed E-state index contributed by atoms with van der Waals surface area (Å²) in [6, 6.07) is 16.4. The van der Waals surface area contributed by atoms with E-state index in [1.54, 1.807) is 0 Å². The molecule has 1 aliphatic carbocycles. The number of esters is 1. The first-order chi connectivity index (χ1) is 12.2. The lowest BCUT2D eigenvalue weighted by molar-refractivity contribution is -0.140. The molecule has 0 fully saturated rings. The molecule has 0 saturated carbocycles. The van der Waals surface area contributed by atoms with Crippen molar-refractivity contribution in [2.75, 3.05) is 20.3 Å². The number of methoxy groups -OCH3 is 1. The van der Waals surface area contributed by atoms with Gasteiger partial charge in [0.25, 0.3) is 0 Å². The highest BCUT2D eigenvalue weighted by Crippen LogP contribution is 2.44. The van der Waals surface area contributed by atoms with Crippen LogP contribution in [0.15, 0.2) is 48.5 Å². The zero-order chi connectivity index (χ0) is 17.6. The minimum absolute atomic E-state index is 0.0493. The first-order valence-electron chi connectivity index (χ1n) is 8.36. The number of rotatable bonds is 6. The number of ether oxygens (including phenoxy) is 2. The van der Waals surface area contributed by atoms with Crippen LogP contribution in [0.1, 0.15) is 29.9 Å². The number of fused-ring (bicyclic) bond motifs is 3. The lowest BCUT2D eigenvalue weighted by atomic mass is 9.98. The third-order valence-electron chi connectivity index (χ3n) is 4.40. The van der Waals surface area contributed by atoms with E-state index in [-0.39, 0.29) is 24.9 Å². The summed E-state index contributed by atoms with van der Waals surface area (Å²) in [5, 5.41) is 2.67. The Bertz CT molecular complexity index is 726. The number of hydrogen-bond donors (Lipinski definition) is 1. The van der Waals surface area contributed by atoms with Crippen LogP contribution in [0.2, 0.25) is 0 Å². The molecule has 5 nitrogen and oxygen atoms in total. The maximum Gasteiger partial charge on any atom is 0.407 e. The Morgan fingerprint density at radius 3 is 2.20 bits per heavy atom. The molecule has 0 unspecified atom stereocenters. The van der Waals surface area contributed by atoms with Gasteiger partial charge in [0.05, 0.1) is 7.11 Å². The first kappa shape index (κ1) is 17.0. The summed E-state index contributed by atoms with van der Waals surface area (Å²) in [7, 11) is 1.35. The van der Waals surface area contributed by atoms with E-state index in [1.165, 1.54) is 29.4 Å². The molecule has 25 heavy (non-hydrogen) atoms. The summed E-state index contributed by atoms with van der Waals surface area (Å²) in [6.45, 7) is 0.669. The summed E-state index contributed by atoms with van der Waals surface area (Å²) in [5.74, 6) is -0.234. The Kier molecular flexibility index (Phi) is 5.33. The van der Waals surface area contributed by atoms with Crippen molar-refractivity contribution in [1.82, 2.24) is 5.32 Å². The zero-order valence-electron chi connectivity index (χ0n) is 14.2. The largest absolute Gasteiger partial charge is 0.469 e. The summed E-state index contributed by atoms with van der Waals surface area (Å²) < 4.78 is 9.96. The van der Waals surface area contributed by atoms with Gasteiger partial charge in [0.2, 0.25) is 0 Å². The van der Waals surface area contributed by atoms with Gasteiger partial charge in [0.15, 0.2) is 0 Å². The average molecular weight is 339 g/mol. The number of amides is 1. The minimum Gasteiger partial charge on any atom is -0.469 e. The molecule has 2 aromatic rings. The number of hydrogen-bond acceptors (Lipinski definition) is 4. The van der Waals surface area contributed by atoms with E-state index in [1.807, 2.05) is 24.3 Å². The second-order valence-corrected chi connectivity index (χ2v) is 5.93. The summed E-state index contributed by atoms with van der Waals surface area (Å²) in [6.07, 6.45) is 0.337. The highest BCUT2D eigenvalue weighted by Gasteiger charge is 2.28. The fourth-order valence-corrected chi connectivity index (χ4v) is 3.17. The van der Waals surface area contributed by atoms with E-state index in [0.29, 0.717) is 13.0 Å². The minimum atomic E-state index is -0.466. The molecule has 0 atom stereocenters. The first-order valence-corrected chi connectivity index (χ1v) is 8.36. The van der Waals surface area contributed by atoms with Gasteiger partial charge in [-0.3, -0.25) is 4.79 Å². The van der Waals surface area contributed by atoms with E-state index >= 15 is 0 Å². The van der Waals surface area contributed by atoms with Gasteiger partial charge >= 0.3 is 12.1 Å². The van der Waals surface area contributed by atoms with Crippen LogP contribution in [0.25, 0.3) is 11.1 Å². The van der Waals surface area contributed by atoms with Crippen molar-refractivity contribution >= 4 is 12.1 Å². The quantitative estimate of drug-likeness (QED) is 0.646. The van der Waals surface area contributed by atoms with Crippen LogP contribution in [0.4, 0.5) is 4.79 Å². The topological polar surface area (TPSA) is 64.6 Å². The molecular formula is C20H21NO4. The van der Waals surface area contributed by atoms with E-state index in [0.717, 1.165) is 0 Å². The lowest BCUT2D eigenvalue weighted by Crippen LogP contribution is -2.27. The van der Waals surface area contributed by atoms with Crippen LogP contribution in [0.5, 0.6) is 0 Å². The third kappa shape index (κ3) is 3.82. The average Bonchev–Trinajstić information content (AvgIpc) is 2.97. The summed E-state index contributed by atoms with van der Waals surface area (Å²) >= 11 is 0. The van der Waals surface area contributed by atoms with Gasteiger partial charge in [-0.1, -0.05) is 48.5 Å². The molecule has 1 N–H and O–H groups in total. The smallest absolute Gasteiger partial charge is 0.407 e. The molecule has 0 spiro atoms. The number of carbonyl (C=O) groups is 2. The predicted molar refractivity (Wildman–Crippen MR) is 94.3 cm³/mol. The molecule has 0 aromatic heterocycles. The van der Waals surface area contributed by atoms with E-state index < -0.39 is 6.09 Å². The van der Waals surface area contributed by atoms with Crippen molar-refractivity contribution in [2.24, 2.45) is 0 Å². The molecule has 0 aliphatic heterocycles. The Balaban J connectivity index is 1.56. The molecule has 0 bridgehead atoms. The Labute approximate surface area is 147 Å². The third-order valence-corrected chi connectivity index (χ3v) is 4.40. The standard InChI is InChI=1S/C20H21NO4/c1-24-19(22)11-6-12-21-20(23)25-13-18-16-9-4-2-7-14(16)15-8-3-5-10-17(15)18/h2-5,7-10,18H,6,11-13H2,1H3,(H,21,23). The Hall–Kier alpha value is -2.82. The molecule has 1 amide bonds.